The molecule has 0 aromatic carbocycles. The van der Waals surface area contributed by atoms with Gasteiger partial charge >= 0.3 is 106 Å². The zero-order chi connectivity index (χ0) is 12.4. The molecule has 0 aliphatic rings. The van der Waals surface area contributed by atoms with E-state index in [1.165, 1.54) is 6.33 Å². The van der Waals surface area contributed by atoms with Crippen LogP contribution in [0, 0.1) is 5.41 Å². The van der Waals surface area contributed by atoms with Crippen LogP contribution in [0.2, 0.25) is 0 Å². The van der Waals surface area contributed by atoms with Crippen molar-refractivity contribution in [1.82, 2.24) is 14.5 Å². The van der Waals surface area contributed by atoms with Crippen LogP contribution in [0.4, 0.5) is 5.82 Å². The monoisotopic (exact) mass is 298 g/mol. The number of ether oxygens (including phenoxy) is 1. The van der Waals surface area contributed by atoms with E-state index in [1.54, 1.807) is 6.20 Å². The molecule has 0 atom stereocenters. The predicted octanol–water partition coefficient (Wildman–Crippen LogP) is 0.501. The van der Waals surface area contributed by atoms with Crippen LogP contribution in [0.5, 0.6) is 0 Å². The molecule has 0 fully saturated rings. The van der Waals surface area contributed by atoms with Gasteiger partial charge in [-0.2, -0.15) is 0 Å². The van der Waals surface area contributed by atoms with Crippen molar-refractivity contribution in [1.29, 1.82) is 5.41 Å². The number of hydrogen-bond acceptors (Lipinski definition) is 5. The minimum atomic E-state index is 0.312. The van der Waals surface area contributed by atoms with Gasteiger partial charge in [0.05, 0.1) is 0 Å². The summed E-state index contributed by atoms with van der Waals surface area (Å²) in [6, 6.07) is 0. The van der Waals surface area contributed by atoms with Crippen molar-refractivity contribution >= 4 is 37.5 Å². The second kappa shape index (κ2) is 4.83. The van der Waals surface area contributed by atoms with Gasteiger partial charge in [-0.15, -0.1) is 0 Å². The number of nitrogens with one attached hydrogen (secondary N) is 1. The third kappa shape index (κ3) is 2.17. The van der Waals surface area contributed by atoms with Gasteiger partial charge in [0.15, 0.2) is 0 Å². The first-order chi connectivity index (χ1) is 8.15. The molecule has 2 aromatic rings. The van der Waals surface area contributed by atoms with E-state index in [2.05, 4.69) is 26.0 Å². The van der Waals surface area contributed by atoms with Gasteiger partial charge in [-0.05, 0) is 0 Å². The predicted molar refractivity (Wildman–Crippen MR) is 66.1 cm³/mol. The molecule has 0 aliphatic carbocycles. The van der Waals surface area contributed by atoms with Gasteiger partial charge < -0.3 is 0 Å². The third-order valence-corrected chi connectivity index (χ3v) is 2.82. The Morgan fingerprint density at radius 1 is 1.59 bits per heavy atom. The van der Waals surface area contributed by atoms with E-state index in [-0.39, 0.29) is 0 Å². The molecule has 3 N–H and O–H groups in total. The van der Waals surface area contributed by atoms with E-state index in [0.717, 1.165) is 0 Å². The summed E-state index contributed by atoms with van der Waals surface area (Å²) < 4.78 is 7.47. The summed E-state index contributed by atoms with van der Waals surface area (Å²) in [5, 5.41) is 8.37. The number of nitrogens with two attached hydrogens (primary N) is 1. The number of aromatic nitrogens is 3. The molecule has 0 unspecified atom stereocenters. The molecule has 2 rings (SSSR count). The van der Waals surface area contributed by atoms with Gasteiger partial charge in [0.25, 0.3) is 0 Å². The number of nitrogens with zero attached hydrogens (tertiary/aromatic N) is 3. The summed E-state index contributed by atoms with van der Waals surface area (Å²) in [5.41, 5.74) is 7.19. The van der Waals surface area contributed by atoms with Gasteiger partial charge in [-0.3, -0.25) is 0 Å². The summed E-state index contributed by atoms with van der Waals surface area (Å²) in [4.78, 5) is 8.13. The molecule has 1 radical (unpaired) electrons. The van der Waals surface area contributed by atoms with Crippen LogP contribution < -0.4 is 5.73 Å². The van der Waals surface area contributed by atoms with Crippen molar-refractivity contribution in [3.05, 3.63) is 18.1 Å². The fourth-order valence-electron chi connectivity index (χ4n) is 1.61. The maximum absolute atomic E-state index is 7.68. The maximum atomic E-state index is 7.68. The Balaban J connectivity index is 2.62. The second-order valence-electron chi connectivity index (χ2n) is 3.42. The molecule has 6 nitrogen and oxygen atoms in total. The van der Waals surface area contributed by atoms with Gasteiger partial charge in [0.1, 0.15) is 0 Å². The fraction of sp³-hybridized carbons (Fsp3) is 0.300. The molecular formula is C10H12N5OSe. The molecule has 0 bridgehead atoms. The summed E-state index contributed by atoms with van der Waals surface area (Å²) in [5.74, 6) is 0.375. The van der Waals surface area contributed by atoms with Crippen molar-refractivity contribution in [3.8, 4) is 0 Å². The summed E-state index contributed by atoms with van der Waals surface area (Å²) >= 11 is 2.66. The number of anilines is 1. The van der Waals surface area contributed by atoms with Gasteiger partial charge in [0.2, 0.25) is 0 Å². The first kappa shape index (κ1) is 12.0. The Morgan fingerprint density at radius 3 is 3.00 bits per heavy atom. The molecule has 0 amide bonds. The molecule has 0 saturated heterocycles. The average molecular weight is 297 g/mol. The quantitative estimate of drug-likeness (QED) is 0.635. The van der Waals surface area contributed by atoms with Crippen LogP contribution >= 0.6 is 0 Å². The van der Waals surface area contributed by atoms with Crippen molar-refractivity contribution in [3.63, 3.8) is 0 Å². The van der Waals surface area contributed by atoms with Crippen LogP contribution in [0.15, 0.2) is 12.5 Å². The Bertz CT molecular complexity index is 565. The normalized spacial score (nSPS) is 10.9. The van der Waals surface area contributed by atoms with Crippen LogP contribution in [0.1, 0.15) is 12.5 Å². The molecule has 2 aromatic heterocycles. The molecule has 0 saturated carbocycles. The summed E-state index contributed by atoms with van der Waals surface area (Å²) in [6.07, 6.45) is 3.21. The molecular weight excluding hydrogens is 285 g/mol. The topological polar surface area (TPSA) is 89.8 Å². The van der Waals surface area contributed by atoms with Crippen molar-refractivity contribution in [2.24, 2.45) is 0 Å². The molecule has 0 spiro atoms. The number of rotatable bonds is 4. The van der Waals surface area contributed by atoms with Gasteiger partial charge in [-0.1, -0.05) is 0 Å². The number of hydrogen-bond donors (Lipinski definition) is 2. The third-order valence-electron chi connectivity index (χ3n) is 2.36. The Kier molecular flexibility index (Phi) is 3.42. The second-order valence-corrected chi connectivity index (χ2v) is 4.28. The molecule has 2 heterocycles. The molecule has 89 valence electrons. The summed E-state index contributed by atoms with van der Waals surface area (Å²) in [7, 11) is 0. The van der Waals surface area contributed by atoms with E-state index in [4.69, 9.17) is 15.9 Å². The van der Waals surface area contributed by atoms with Crippen molar-refractivity contribution in [2.75, 3.05) is 12.3 Å². The molecule has 17 heavy (non-hydrogen) atoms. The molecule has 7 heteroatoms. The van der Waals surface area contributed by atoms with Crippen molar-refractivity contribution in [2.45, 2.75) is 13.7 Å². The standard InChI is InChI=1S/C10H12N5OSe/c1-2-16-5-15-3-6(9(12)17)7-8(11)13-4-14-10(7)15/h3-4,12H,2,5H2,1H3,(H2,11,13,14). The zero-order valence-electron chi connectivity index (χ0n) is 9.30. The number of nitrogen functional groups attached to an aromatic ring is 1. The van der Waals surface area contributed by atoms with E-state index in [9.17, 15) is 0 Å². The van der Waals surface area contributed by atoms with Gasteiger partial charge in [0, 0.05) is 0 Å². The first-order valence-corrected chi connectivity index (χ1v) is 5.93. The first-order valence-electron chi connectivity index (χ1n) is 5.08. The Morgan fingerprint density at radius 2 is 2.35 bits per heavy atom. The fourth-order valence-corrected chi connectivity index (χ4v) is 1.93. The van der Waals surface area contributed by atoms with E-state index in [1.807, 2.05) is 11.5 Å². The Labute approximate surface area is 107 Å². The number of fused-ring (bicyclic) bond motifs is 1. The van der Waals surface area contributed by atoms with Crippen LogP contribution in [-0.4, -0.2) is 41.8 Å². The van der Waals surface area contributed by atoms with Gasteiger partial charge in [-0.25, -0.2) is 0 Å². The zero-order valence-corrected chi connectivity index (χ0v) is 11.0. The molecule has 0 aliphatic heterocycles. The SMILES string of the molecule is CCOCn1cc(C(=N)[Se])c2c(N)ncnc21. The van der Waals surface area contributed by atoms with Crippen LogP contribution in [0.3, 0.4) is 0 Å². The summed E-state index contributed by atoms with van der Waals surface area (Å²) in [6.45, 7) is 2.92. The average Bonchev–Trinajstić information content (AvgIpc) is 2.67. The van der Waals surface area contributed by atoms with Crippen molar-refractivity contribution < 1.29 is 4.74 Å². The van der Waals surface area contributed by atoms with Crippen LogP contribution in [0.25, 0.3) is 11.0 Å². The van der Waals surface area contributed by atoms with E-state index in [0.29, 0.717) is 40.4 Å². The Hall–Kier alpha value is -1.43. The minimum absolute atomic E-state index is 0.312. The van der Waals surface area contributed by atoms with Crippen LogP contribution in [-0.2, 0) is 11.5 Å². The van der Waals surface area contributed by atoms with E-state index >= 15 is 0 Å². The van der Waals surface area contributed by atoms with E-state index < -0.39 is 0 Å².